The van der Waals surface area contributed by atoms with Crippen molar-refractivity contribution in [3.8, 4) is 0 Å². The Bertz CT molecular complexity index is 737. The predicted octanol–water partition coefficient (Wildman–Crippen LogP) is 1.80. The van der Waals surface area contributed by atoms with Crippen molar-refractivity contribution in [2.75, 3.05) is 18.1 Å². The highest BCUT2D eigenvalue weighted by Crippen LogP contribution is 2.64. The molecular weight excluding hydrogens is 378 g/mol. The number of hydrogen-bond donors (Lipinski definition) is 1. The van der Waals surface area contributed by atoms with Crippen molar-refractivity contribution in [3.05, 3.63) is 0 Å². The van der Waals surface area contributed by atoms with Gasteiger partial charge in [0.1, 0.15) is 0 Å². The Labute approximate surface area is 159 Å². The fraction of sp³-hybridized carbons (Fsp3) is 0.889. The molecule has 4 saturated carbocycles. The van der Waals surface area contributed by atoms with Gasteiger partial charge in [0.25, 0.3) is 5.91 Å². The van der Waals surface area contributed by atoms with Crippen LogP contribution in [0.4, 0.5) is 0 Å². The molecular formula is C18H26ClNO5S. The number of sulfone groups is 1. The first-order valence-corrected chi connectivity index (χ1v) is 11.6. The van der Waals surface area contributed by atoms with Gasteiger partial charge in [0.05, 0.1) is 22.5 Å². The zero-order valence-electron chi connectivity index (χ0n) is 15.1. The number of alkyl halides is 1. The van der Waals surface area contributed by atoms with E-state index in [0.717, 1.165) is 32.1 Å². The van der Waals surface area contributed by atoms with E-state index in [1.165, 1.54) is 0 Å². The summed E-state index contributed by atoms with van der Waals surface area (Å²) in [7, 11) is -3.11. The van der Waals surface area contributed by atoms with Gasteiger partial charge in [-0.3, -0.25) is 9.59 Å². The molecule has 6 nitrogen and oxygen atoms in total. The lowest BCUT2D eigenvalue weighted by Crippen LogP contribution is -2.56. The van der Waals surface area contributed by atoms with Crippen molar-refractivity contribution in [2.24, 2.45) is 17.3 Å². The molecule has 0 radical (unpaired) electrons. The van der Waals surface area contributed by atoms with Gasteiger partial charge >= 0.3 is 5.97 Å². The summed E-state index contributed by atoms with van der Waals surface area (Å²) in [6, 6.07) is 0. The molecule has 1 aliphatic heterocycles. The number of carbonyl (C=O) groups is 2. The smallest absolute Gasteiger partial charge is 0.312 e. The van der Waals surface area contributed by atoms with Gasteiger partial charge in [0.2, 0.25) is 0 Å². The van der Waals surface area contributed by atoms with Crippen LogP contribution >= 0.6 is 11.6 Å². The van der Waals surface area contributed by atoms with Crippen molar-refractivity contribution in [1.29, 1.82) is 0 Å². The van der Waals surface area contributed by atoms with Crippen molar-refractivity contribution < 1.29 is 22.7 Å². The standard InChI is InChI=1S/C18H26ClNO5S/c1-16(2-3-26(23,24)11-16)20-14(21)9-25-15(22)17-5-12-4-13(6-17)8-18(19,7-12)10-17/h12-13H,2-11H2,1H3,(H,20,21)/t12-,13+,16-,17?,18?/m1/s1. The van der Waals surface area contributed by atoms with Crippen LogP contribution in [0.25, 0.3) is 0 Å². The van der Waals surface area contributed by atoms with Crippen LogP contribution in [0.5, 0.6) is 0 Å². The molecule has 1 saturated heterocycles. The summed E-state index contributed by atoms with van der Waals surface area (Å²) < 4.78 is 28.7. The molecule has 0 spiro atoms. The third-order valence-electron chi connectivity index (χ3n) is 6.70. The van der Waals surface area contributed by atoms with Crippen molar-refractivity contribution in [3.63, 3.8) is 0 Å². The van der Waals surface area contributed by atoms with Gasteiger partial charge in [-0.05, 0) is 63.7 Å². The molecule has 4 aliphatic carbocycles. The Balaban J connectivity index is 1.35. The number of hydrogen-bond acceptors (Lipinski definition) is 5. The molecule has 1 amide bonds. The number of halogens is 1. The van der Waals surface area contributed by atoms with Gasteiger partial charge in [0, 0.05) is 4.87 Å². The maximum atomic E-state index is 12.8. The molecule has 146 valence electrons. The fourth-order valence-electron chi connectivity index (χ4n) is 6.16. The molecule has 0 aromatic carbocycles. The van der Waals surface area contributed by atoms with Crippen LogP contribution in [0.2, 0.25) is 0 Å². The lowest BCUT2D eigenvalue weighted by molar-refractivity contribution is -0.172. The number of ether oxygens (including phenoxy) is 1. The van der Waals surface area contributed by atoms with Gasteiger partial charge in [-0.15, -0.1) is 11.6 Å². The van der Waals surface area contributed by atoms with Crippen LogP contribution in [-0.4, -0.2) is 48.8 Å². The summed E-state index contributed by atoms with van der Waals surface area (Å²) in [6.07, 6.45) is 5.77. The minimum absolute atomic E-state index is 0.0677. The molecule has 5 aliphatic rings. The zero-order chi connectivity index (χ0) is 18.8. The van der Waals surface area contributed by atoms with Gasteiger partial charge in [0.15, 0.2) is 16.4 Å². The number of esters is 1. The number of rotatable bonds is 4. The minimum atomic E-state index is -3.11. The third kappa shape index (κ3) is 3.37. The molecule has 5 fully saturated rings. The highest BCUT2D eigenvalue weighted by atomic mass is 35.5. The molecule has 5 rings (SSSR count). The van der Waals surface area contributed by atoms with Gasteiger partial charge < -0.3 is 10.1 Å². The molecule has 1 heterocycles. The fourth-order valence-corrected chi connectivity index (χ4v) is 8.94. The maximum absolute atomic E-state index is 12.8. The second-order valence-corrected chi connectivity index (χ2v) is 12.4. The molecule has 1 N–H and O–H groups in total. The van der Waals surface area contributed by atoms with Crippen LogP contribution in [0.3, 0.4) is 0 Å². The van der Waals surface area contributed by atoms with E-state index in [0.29, 0.717) is 24.7 Å². The van der Waals surface area contributed by atoms with Crippen molar-refractivity contribution >= 4 is 33.3 Å². The Hall–Kier alpha value is -0.820. The quantitative estimate of drug-likeness (QED) is 0.571. The van der Waals surface area contributed by atoms with Gasteiger partial charge in [-0.1, -0.05) is 0 Å². The number of nitrogens with one attached hydrogen (secondary N) is 1. The zero-order valence-corrected chi connectivity index (χ0v) is 16.6. The van der Waals surface area contributed by atoms with Crippen LogP contribution in [0.1, 0.15) is 51.9 Å². The number of carbonyl (C=O) groups excluding carboxylic acids is 2. The van der Waals surface area contributed by atoms with E-state index in [-0.39, 0.29) is 29.0 Å². The van der Waals surface area contributed by atoms with Crippen LogP contribution in [-0.2, 0) is 24.2 Å². The van der Waals surface area contributed by atoms with Crippen molar-refractivity contribution in [2.45, 2.75) is 62.3 Å². The topological polar surface area (TPSA) is 89.5 Å². The molecule has 26 heavy (non-hydrogen) atoms. The number of amides is 1. The van der Waals surface area contributed by atoms with E-state index >= 15 is 0 Å². The van der Waals surface area contributed by atoms with E-state index in [1.807, 2.05) is 0 Å². The normalized spacial score (nSPS) is 45.5. The SMILES string of the molecule is C[C@@]1(NC(=O)COC(=O)C23C[C@@H]4C[C@@H](CC(Cl)(C4)C2)C3)CCS(=O)(=O)C1. The second-order valence-electron chi connectivity index (χ2n) is 9.42. The van der Waals surface area contributed by atoms with Crippen molar-refractivity contribution in [1.82, 2.24) is 5.32 Å². The van der Waals surface area contributed by atoms with E-state index < -0.39 is 26.7 Å². The van der Waals surface area contributed by atoms with Crippen LogP contribution in [0.15, 0.2) is 0 Å². The third-order valence-corrected chi connectivity index (χ3v) is 9.05. The predicted molar refractivity (Wildman–Crippen MR) is 96.5 cm³/mol. The summed E-state index contributed by atoms with van der Waals surface area (Å²) in [5.74, 6) is 0.226. The van der Waals surface area contributed by atoms with Crippen LogP contribution in [0, 0.1) is 17.3 Å². The first-order chi connectivity index (χ1) is 12.0. The highest BCUT2D eigenvalue weighted by Gasteiger charge is 2.60. The summed E-state index contributed by atoms with van der Waals surface area (Å²) in [5.41, 5.74) is -1.31. The Morgan fingerprint density at radius 2 is 1.85 bits per heavy atom. The molecule has 0 aromatic rings. The summed E-state index contributed by atoms with van der Waals surface area (Å²) in [6.45, 7) is 1.36. The Kier molecular flexibility index (Phi) is 4.16. The van der Waals surface area contributed by atoms with E-state index in [4.69, 9.17) is 16.3 Å². The summed E-state index contributed by atoms with van der Waals surface area (Å²) in [5, 5.41) is 2.73. The first-order valence-electron chi connectivity index (χ1n) is 9.38. The molecule has 5 atom stereocenters. The van der Waals surface area contributed by atoms with E-state index in [9.17, 15) is 18.0 Å². The lowest BCUT2D eigenvalue weighted by Gasteiger charge is -2.58. The minimum Gasteiger partial charge on any atom is -0.455 e. The highest BCUT2D eigenvalue weighted by molar-refractivity contribution is 7.91. The molecule has 2 unspecified atom stereocenters. The average molecular weight is 404 g/mol. The van der Waals surface area contributed by atoms with Gasteiger partial charge in [-0.25, -0.2) is 8.42 Å². The summed E-state index contributed by atoms with van der Waals surface area (Å²) in [4.78, 5) is 24.7. The monoisotopic (exact) mass is 403 g/mol. The second kappa shape index (κ2) is 5.84. The lowest BCUT2D eigenvalue weighted by atomic mass is 9.49. The van der Waals surface area contributed by atoms with E-state index in [2.05, 4.69) is 5.32 Å². The molecule has 4 bridgehead atoms. The molecule has 8 heteroatoms. The summed E-state index contributed by atoms with van der Waals surface area (Å²) >= 11 is 6.74. The van der Waals surface area contributed by atoms with E-state index in [1.54, 1.807) is 6.92 Å². The Morgan fingerprint density at radius 3 is 2.38 bits per heavy atom. The van der Waals surface area contributed by atoms with Gasteiger partial charge in [-0.2, -0.15) is 0 Å². The first kappa shape index (κ1) is 18.5. The molecule has 0 aromatic heterocycles. The largest absolute Gasteiger partial charge is 0.455 e. The average Bonchev–Trinajstić information content (AvgIpc) is 2.75. The maximum Gasteiger partial charge on any atom is 0.312 e. The van der Waals surface area contributed by atoms with Crippen LogP contribution < -0.4 is 5.32 Å². The Morgan fingerprint density at radius 1 is 1.19 bits per heavy atom.